The third-order valence-electron chi connectivity index (χ3n) is 4.62. The summed E-state index contributed by atoms with van der Waals surface area (Å²) in [5, 5.41) is 4.03. The summed E-state index contributed by atoms with van der Waals surface area (Å²) in [4.78, 5) is 14.3. The average molecular weight is 333 g/mol. The minimum absolute atomic E-state index is 0.0233. The fourth-order valence-electron chi connectivity index (χ4n) is 3.32. The summed E-state index contributed by atoms with van der Waals surface area (Å²) in [6.07, 6.45) is 6.21. The topological polar surface area (TPSA) is 38.1 Å². The van der Waals surface area contributed by atoms with Crippen molar-refractivity contribution >= 4 is 5.91 Å². The van der Waals surface area contributed by atoms with Crippen LogP contribution in [-0.4, -0.2) is 33.7 Å². The fraction of sp³-hybridized carbons (Fsp3) is 0.444. The van der Waals surface area contributed by atoms with E-state index in [9.17, 15) is 13.6 Å². The van der Waals surface area contributed by atoms with Crippen LogP contribution in [0.1, 0.15) is 35.2 Å². The molecular formula is C18H21F2N3O. The molecule has 1 aromatic heterocycles. The second kappa shape index (κ2) is 7.11. The Kier molecular flexibility index (Phi) is 4.92. The van der Waals surface area contributed by atoms with Crippen LogP contribution in [0, 0.1) is 17.6 Å². The summed E-state index contributed by atoms with van der Waals surface area (Å²) in [5.74, 6) is -0.744. The predicted molar refractivity (Wildman–Crippen MR) is 86.5 cm³/mol. The lowest BCUT2D eigenvalue weighted by molar-refractivity contribution is 0.0668. The van der Waals surface area contributed by atoms with Crippen LogP contribution < -0.4 is 0 Å². The van der Waals surface area contributed by atoms with Gasteiger partial charge in [-0.3, -0.25) is 9.48 Å². The summed E-state index contributed by atoms with van der Waals surface area (Å²) < 4.78 is 29.0. The normalized spacial score (nSPS) is 18.0. The van der Waals surface area contributed by atoms with Crippen LogP contribution in [0.3, 0.4) is 0 Å². The average Bonchev–Trinajstić information content (AvgIpc) is 3.00. The quantitative estimate of drug-likeness (QED) is 0.862. The SMILES string of the molecule is Cn1cc(C(=O)N2CCCC(CCc3c(F)cccc3F)C2)cn1. The molecule has 128 valence electrons. The molecule has 1 atom stereocenters. The number of halogens is 2. The van der Waals surface area contributed by atoms with E-state index in [4.69, 9.17) is 0 Å². The van der Waals surface area contributed by atoms with Gasteiger partial charge in [0.1, 0.15) is 11.6 Å². The molecule has 1 unspecified atom stereocenters. The lowest BCUT2D eigenvalue weighted by Gasteiger charge is -2.32. The van der Waals surface area contributed by atoms with Gasteiger partial charge in [-0.25, -0.2) is 8.78 Å². The Morgan fingerprint density at radius 3 is 2.75 bits per heavy atom. The molecule has 1 saturated heterocycles. The molecular weight excluding hydrogens is 312 g/mol. The maximum atomic E-state index is 13.7. The molecule has 0 aliphatic carbocycles. The number of piperidine rings is 1. The Bertz CT molecular complexity index is 709. The van der Waals surface area contributed by atoms with Gasteiger partial charge in [0.25, 0.3) is 5.91 Å². The number of rotatable bonds is 4. The van der Waals surface area contributed by atoms with E-state index in [0.29, 0.717) is 24.9 Å². The number of aromatic nitrogens is 2. The smallest absolute Gasteiger partial charge is 0.257 e. The van der Waals surface area contributed by atoms with Crippen LogP contribution in [0.25, 0.3) is 0 Å². The van der Waals surface area contributed by atoms with E-state index < -0.39 is 11.6 Å². The van der Waals surface area contributed by atoms with Gasteiger partial charge in [-0.1, -0.05) is 6.07 Å². The van der Waals surface area contributed by atoms with Crippen molar-refractivity contribution in [3.8, 4) is 0 Å². The van der Waals surface area contributed by atoms with Gasteiger partial charge in [-0.2, -0.15) is 5.10 Å². The van der Waals surface area contributed by atoms with Crippen LogP contribution in [-0.2, 0) is 13.5 Å². The zero-order valence-corrected chi connectivity index (χ0v) is 13.7. The predicted octanol–water partition coefficient (Wildman–Crippen LogP) is 3.18. The molecule has 2 aromatic rings. The highest BCUT2D eigenvalue weighted by Gasteiger charge is 2.25. The highest BCUT2D eigenvalue weighted by molar-refractivity contribution is 5.93. The number of carbonyl (C=O) groups excluding carboxylic acids is 1. The number of hydrogen-bond acceptors (Lipinski definition) is 2. The van der Waals surface area contributed by atoms with Crippen molar-refractivity contribution in [1.82, 2.24) is 14.7 Å². The summed E-state index contributed by atoms with van der Waals surface area (Å²) in [6.45, 7) is 1.35. The zero-order chi connectivity index (χ0) is 17.1. The Balaban J connectivity index is 1.60. The van der Waals surface area contributed by atoms with Crippen LogP contribution in [0.2, 0.25) is 0 Å². The van der Waals surface area contributed by atoms with Gasteiger partial charge in [0.05, 0.1) is 11.8 Å². The number of carbonyl (C=O) groups is 1. The van der Waals surface area contributed by atoms with Crippen molar-refractivity contribution in [3.05, 3.63) is 53.4 Å². The molecule has 1 aliphatic heterocycles. The van der Waals surface area contributed by atoms with Gasteiger partial charge >= 0.3 is 0 Å². The van der Waals surface area contributed by atoms with Crippen LogP contribution in [0.15, 0.2) is 30.6 Å². The van der Waals surface area contributed by atoms with Crippen LogP contribution in [0.4, 0.5) is 8.78 Å². The van der Waals surface area contributed by atoms with Gasteiger partial charge in [0, 0.05) is 31.9 Å². The van der Waals surface area contributed by atoms with Crippen molar-refractivity contribution < 1.29 is 13.6 Å². The second-order valence-corrected chi connectivity index (χ2v) is 6.40. The van der Waals surface area contributed by atoms with Crippen molar-refractivity contribution in [2.45, 2.75) is 25.7 Å². The molecule has 4 nitrogen and oxygen atoms in total. The zero-order valence-electron chi connectivity index (χ0n) is 13.7. The summed E-state index contributed by atoms with van der Waals surface area (Å²) in [6, 6.07) is 3.96. The third-order valence-corrected chi connectivity index (χ3v) is 4.62. The molecule has 1 fully saturated rings. The molecule has 24 heavy (non-hydrogen) atoms. The first-order valence-electron chi connectivity index (χ1n) is 8.25. The maximum Gasteiger partial charge on any atom is 0.257 e. The van der Waals surface area contributed by atoms with Crippen molar-refractivity contribution in [2.24, 2.45) is 13.0 Å². The van der Waals surface area contributed by atoms with Gasteiger partial charge in [-0.05, 0) is 43.7 Å². The summed E-state index contributed by atoms with van der Waals surface area (Å²) >= 11 is 0. The van der Waals surface area contributed by atoms with Crippen molar-refractivity contribution in [1.29, 1.82) is 0 Å². The lowest BCUT2D eigenvalue weighted by atomic mass is 9.91. The van der Waals surface area contributed by atoms with E-state index in [0.717, 1.165) is 19.4 Å². The number of aryl methyl sites for hydroxylation is 1. The minimum atomic E-state index is -0.492. The molecule has 1 aromatic carbocycles. The number of likely N-dealkylation sites (tertiary alicyclic amines) is 1. The van der Waals surface area contributed by atoms with E-state index >= 15 is 0 Å². The Morgan fingerprint density at radius 1 is 1.33 bits per heavy atom. The van der Waals surface area contributed by atoms with Crippen LogP contribution in [0.5, 0.6) is 0 Å². The summed E-state index contributed by atoms with van der Waals surface area (Å²) in [7, 11) is 1.78. The molecule has 1 amide bonds. The Hall–Kier alpha value is -2.24. The number of amides is 1. The Morgan fingerprint density at radius 2 is 2.08 bits per heavy atom. The second-order valence-electron chi connectivity index (χ2n) is 6.40. The highest BCUT2D eigenvalue weighted by Crippen LogP contribution is 2.24. The molecule has 0 spiro atoms. The standard InChI is InChI=1S/C18H21F2N3O/c1-22-12-14(10-21-22)18(24)23-9-3-4-13(11-23)7-8-15-16(19)5-2-6-17(15)20/h2,5-6,10,12-13H,3-4,7-9,11H2,1H3. The monoisotopic (exact) mass is 333 g/mol. The number of hydrogen-bond donors (Lipinski definition) is 0. The van der Waals surface area contributed by atoms with Gasteiger partial charge in [-0.15, -0.1) is 0 Å². The van der Waals surface area contributed by atoms with Gasteiger partial charge in [0.2, 0.25) is 0 Å². The molecule has 2 heterocycles. The van der Waals surface area contributed by atoms with E-state index in [1.807, 2.05) is 4.90 Å². The first-order valence-corrected chi connectivity index (χ1v) is 8.25. The van der Waals surface area contributed by atoms with E-state index in [-0.39, 0.29) is 17.4 Å². The molecule has 0 saturated carbocycles. The summed E-state index contributed by atoms with van der Waals surface area (Å²) in [5.41, 5.74) is 0.728. The van der Waals surface area contributed by atoms with E-state index in [1.54, 1.807) is 24.1 Å². The Labute approximate surface area is 140 Å². The highest BCUT2D eigenvalue weighted by atomic mass is 19.1. The third kappa shape index (κ3) is 3.63. The van der Waals surface area contributed by atoms with E-state index in [1.165, 1.54) is 18.2 Å². The minimum Gasteiger partial charge on any atom is -0.338 e. The van der Waals surface area contributed by atoms with Crippen molar-refractivity contribution in [3.63, 3.8) is 0 Å². The molecule has 3 rings (SSSR count). The first kappa shape index (κ1) is 16.6. The van der Waals surface area contributed by atoms with E-state index in [2.05, 4.69) is 5.10 Å². The number of nitrogens with zero attached hydrogens (tertiary/aromatic N) is 3. The lowest BCUT2D eigenvalue weighted by Crippen LogP contribution is -2.40. The molecule has 0 N–H and O–H groups in total. The maximum absolute atomic E-state index is 13.7. The molecule has 0 radical (unpaired) electrons. The van der Waals surface area contributed by atoms with Gasteiger partial charge in [0.15, 0.2) is 0 Å². The largest absolute Gasteiger partial charge is 0.338 e. The molecule has 6 heteroatoms. The first-order chi connectivity index (χ1) is 11.5. The molecule has 1 aliphatic rings. The number of benzene rings is 1. The van der Waals surface area contributed by atoms with Gasteiger partial charge < -0.3 is 4.90 Å². The molecule has 0 bridgehead atoms. The van der Waals surface area contributed by atoms with Crippen molar-refractivity contribution in [2.75, 3.05) is 13.1 Å². The van der Waals surface area contributed by atoms with Crippen LogP contribution >= 0.6 is 0 Å². The fourth-order valence-corrected chi connectivity index (χ4v) is 3.32.